The maximum Gasteiger partial charge on any atom is 0.282 e. The first-order valence-electron chi connectivity index (χ1n) is 6.33. The lowest BCUT2D eigenvalue weighted by Crippen LogP contribution is -3.00. The van der Waals surface area contributed by atoms with Gasteiger partial charge in [0.1, 0.15) is 5.69 Å². The highest BCUT2D eigenvalue weighted by Crippen LogP contribution is 2.17. The van der Waals surface area contributed by atoms with Crippen molar-refractivity contribution >= 4 is 11.5 Å². The molecule has 1 aliphatic rings. The second-order valence-corrected chi connectivity index (χ2v) is 4.67. The number of halogens is 1. The van der Waals surface area contributed by atoms with Crippen LogP contribution >= 0.6 is 0 Å². The van der Waals surface area contributed by atoms with E-state index in [2.05, 4.69) is 65.5 Å². The van der Waals surface area contributed by atoms with Crippen LogP contribution in [0.25, 0.3) is 0 Å². The van der Waals surface area contributed by atoms with Crippen molar-refractivity contribution in [2.75, 3.05) is 18.9 Å². The van der Waals surface area contributed by atoms with Crippen molar-refractivity contribution in [3.05, 3.63) is 65.7 Å². The summed E-state index contributed by atoms with van der Waals surface area (Å²) in [5, 5.41) is 3.53. The molecule has 0 amide bonds. The molecule has 2 nitrogen and oxygen atoms in total. The van der Waals surface area contributed by atoms with Crippen LogP contribution in [-0.4, -0.2) is 24.0 Å². The summed E-state index contributed by atoms with van der Waals surface area (Å²) in [6, 6.07) is 19.0. The van der Waals surface area contributed by atoms with E-state index in [-0.39, 0.29) is 12.4 Å². The summed E-state index contributed by atoms with van der Waals surface area (Å²) in [6.45, 7) is 1.06. The van der Waals surface area contributed by atoms with Gasteiger partial charge in [-0.25, -0.2) is 5.32 Å². The van der Waals surface area contributed by atoms with Gasteiger partial charge in [0.2, 0.25) is 0 Å². The number of hydrogen-bond acceptors (Lipinski definition) is 1. The molecule has 98 valence electrons. The molecule has 0 aromatic heterocycles. The number of hydrogen-bond donors (Lipinski definition) is 1. The van der Waals surface area contributed by atoms with Gasteiger partial charge in [-0.1, -0.05) is 36.4 Å². The highest BCUT2D eigenvalue weighted by Gasteiger charge is 2.22. The molecular formula is C16H17ClN2. The number of fused-ring (bicyclic) bond motifs is 1. The van der Waals surface area contributed by atoms with Gasteiger partial charge in [-0.2, -0.15) is 0 Å². The zero-order valence-corrected chi connectivity index (χ0v) is 11.7. The largest absolute Gasteiger partial charge is 1.00 e. The predicted molar refractivity (Wildman–Crippen MR) is 75.4 cm³/mol. The van der Waals surface area contributed by atoms with Crippen LogP contribution in [0, 0.1) is 0 Å². The highest BCUT2D eigenvalue weighted by molar-refractivity contribution is 6.06. The van der Waals surface area contributed by atoms with Gasteiger partial charge in [0.15, 0.2) is 0 Å². The Balaban J connectivity index is 0.00000133. The molecule has 0 saturated carbocycles. The van der Waals surface area contributed by atoms with Gasteiger partial charge in [0, 0.05) is 6.42 Å². The Morgan fingerprint density at radius 1 is 0.947 bits per heavy atom. The summed E-state index contributed by atoms with van der Waals surface area (Å²) >= 11 is 0. The summed E-state index contributed by atoms with van der Waals surface area (Å²) < 4.78 is 2.29. The van der Waals surface area contributed by atoms with Crippen LogP contribution in [-0.2, 0) is 6.42 Å². The molecule has 19 heavy (non-hydrogen) atoms. The molecule has 1 heterocycles. The van der Waals surface area contributed by atoms with Crippen LogP contribution in [0.5, 0.6) is 0 Å². The van der Waals surface area contributed by atoms with Crippen molar-refractivity contribution < 1.29 is 17.0 Å². The van der Waals surface area contributed by atoms with Crippen LogP contribution in [0.2, 0.25) is 0 Å². The van der Waals surface area contributed by atoms with Gasteiger partial charge < -0.3 is 12.4 Å². The van der Waals surface area contributed by atoms with Crippen molar-refractivity contribution in [2.45, 2.75) is 6.42 Å². The van der Waals surface area contributed by atoms with E-state index in [1.165, 1.54) is 17.0 Å². The third-order valence-corrected chi connectivity index (χ3v) is 3.41. The standard InChI is InChI=1S/C16H16N2.ClH/c1-18-12-11-13-7-5-6-10-15(13)16(18)17-14-8-3-2-4-9-14;/h2-10H,11-12H2,1H3;1H. The third-order valence-electron chi connectivity index (χ3n) is 3.41. The number of anilines is 1. The van der Waals surface area contributed by atoms with E-state index in [9.17, 15) is 0 Å². The molecule has 0 saturated heterocycles. The minimum Gasteiger partial charge on any atom is -1.00 e. The minimum atomic E-state index is 0. The van der Waals surface area contributed by atoms with E-state index in [0.29, 0.717) is 0 Å². The summed E-state index contributed by atoms with van der Waals surface area (Å²) in [7, 11) is 2.14. The van der Waals surface area contributed by atoms with Gasteiger partial charge in [-0.05, 0) is 23.8 Å². The molecule has 3 rings (SSSR count). The summed E-state index contributed by atoms with van der Waals surface area (Å²) in [4.78, 5) is 0. The first-order chi connectivity index (χ1) is 8.84. The van der Waals surface area contributed by atoms with E-state index < -0.39 is 0 Å². The lowest BCUT2D eigenvalue weighted by Gasteiger charge is -2.17. The molecule has 1 aliphatic heterocycles. The summed E-state index contributed by atoms with van der Waals surface area (Å²) in [5.74, 6) is 1.20. The predicted octanol–water partition coefficient (Wildman–Crippen LogP) is -0.252. The maximum absolute atomic E-state index is 3.53. The summed E-state index contributed by atoms with van der Waals surface area (Å²) in [6.07, 6.45) is 1.12. The number of benzene rings is 2. The Kier molecular flexibility index (Phi) is 4.23. The average Bonchev–Trinajstić information content (AvgIpc) is 2.43. The first-order valence-corrected chi connectivity index (χ1v) is 6.33. The fourth-order valence-corrected chi connectivity index (χ4v) is 2.40. The normalized spacial score (nSPS) is 13.5. The van der Waals surface area contributed by atoms with Crippen molar-refractivity contribution in [1.29, 1.82) is 0 Å². The number of likely N-dealkylation sites (N-methyl/N-ethyl adjacent to an activating group) is 1. The van der Waals surface area contributed by atoms with Crippen molar-refractivity contribution in [3.63, 3.8) is 0 Å². The topological polar surface area (TPSA) is 15.0 Å². The molecule has 0 spiro atoms. The molecule has 0 atom stereocenters. The number of para-hydroxylation sites is 1. The lowest BCUT2D eigenvalue weighted by atomic mass is 10.0. The molecule has 0 unspecified atom stereocenters. The molecule has 0 aliphatic carbocycles. The Morgan fingerprint density at radius 3 is 2.42 bits per heavy atom. The quantitative estimate of drug-likeness (QED) is 0.708. The fourth-order valence-electron chi connectivity index (χ4n) is 2.40. The maximum atomic E-state index is 3.53. The first kappa shape index (κ1) is 13.6. The van der Waals surface area contributed by atoms with E-state index in [4.69, 9.17) is 0 Å². The SMILES string of the molecule is C[N+]1=C(Nc2ccccc2)c2ccccc2CC1.[Cl-]. The van der Waals surface area contributed by atoms with Gasteiger partial charge in [-0.15, -0.1) is 0 Å². The fraction of sp³-hybridized carbons (Fsp3) is 0.188. The average molecular weight is 273 g/mol. The van der Waals surface area contributed by atoms with Gasteiger partial charge in [-0.3, -0.25) is 4.58 Å². The number of amidine groups is 1. The second-order valence-electron chi connectivity index (χ2n) is 4.67. The molecule has 0 fully saturated rings. The van der Waals surface area contributed by atoms with Gasteiger partial charge in [0.05, 0.1) is 19.2 Å². The Bertz CT molecular complexity index is 591. The van der Waals surface area contributed by atoms with E-state index >= 15 is 0 Å². The van der Waals surface area contributed by atoms with Crippen LogP contribution in [0.4, 0.5) is 5.69 Å². The van der Waals surface area contributed by atoms with Crippen LogP contribution in [0.15, 0.2) is 54.6 Å². The van der Waals surface area contributed by atoms with Crippen molar-refractivity contribution in [2.24, 2.45) is 0 Å². The molecule has 2 aromatic carbocycles. The Hall–Kier alpha value is -1.80. The molecule has 0 radical (unpaired) electrons. The van der Waals surface area contributed by atoms with Crippen LogP contribution < -0.4 is 17.7 Å². The van der Waals surface area contributed by atoms with Crippen molar-refractivity contribution in [3.8, 4) is 0 Å². The molecule has 0 bridgehead atoms. The zero-order valence-electron chi connectivity index (χ0n) is 10.9. The van der Waals surface area contributed by atoms with Gasteiger partial charge >= 0.3 is 0 Å². The number of rotatable bonds is 1. The monoisotopic (exact) mass is 272 g/mol. The smallest absolute Gasteiger partial charge is 0.282 e. The Labute approximate surface area is 120 Å². The zero-order chi connectivity index (χ0) is 12.4. The Morgan fingerprint density at radius 2 is 1.63 bits per heavy atom. The van der Waals surface area contributed by atoms with Crippen molar-refractivity contribution in [1.82, 2.24) is 0 Å². The van der Waals surface area contributed by atoms with E-state index in [1.54, 1.807) is 0 Å². The van der Waals surface area contributed by atoms with Crippen LogP contribution in [0.3, 0.4) is 0 Å². The number of nitrogens with one attached hydrogen (secondary N) is 1. The van der Waals surface area contributed by atoms with Gasteiger partial charge in [0.25, 0.3) is 5.84 Å². The highest BCUT2D eigenvalue weighted by atomic mass is 35.5. The molecule has 3 heteroatoms. The van der Waals surface area contributed by atoms with E-state index in [1.807, 2.05) is 6.07 Å². The lowest BCUT2D eigenvalue weighted by molar-refractivity contribution is -0.497. The second kappa shape index (κ2) is 5.89. The third kappa shape index (κ3) is 2.79. The molecule has 1 N–H and O–H groups in total. The number of nitrogens with zero attached hydrogens (tertiary/aromatic N) is 1. The molecular weight excluding hydrogens is 256 g/mol. The van der Waals surface area contributed by atoms with E-state index in [0.717, 1.165) is 18.7 Å². The summed E-state index contributed by atoms with van der Waals surface area (Å²) in [5.41, 5.74) is 3.88. The minimum absolute atomic E-state index is 0. The molecule has 2 aromatic rings. The van der Waals surface area contributed by atoms with Crippen LogP contribution in [0.1, 0.15) is 11.1 Å².